The van der Waals surface area contributed by atoms with Gasteiger partial charge in [0.1, 0.15) is 0 Å². The molecule has 0 amide bonds. The van der Waals surface area contributed by atoms with Gasteiger partial charge in [0.15, 0.2) is 0 Å². The molecular weight excluding hydrogens is 232 g/mol. The van der Waals surface area contributed by atoms with Gasteiger partial charge in [-0.15, -0.1) is 0 Å². The normalized spacial score (nSPS) is 57.2. The van der Waals surface area contributed by atoms with E-state index in [4.69, 9.17) is 0 Å². The molecule has 0 bridgehead atoms. The molecular formula is C18H30O. The van der Waals surface area contributed by atoms with Crippen molar-refractivity contribution in [2.45, 2.75) is 70.8 Å². The van der Waals surface area contributed by atoms with E-state index in [0.717, 1.165) is 29.6 Å². The molecule has 4 fully saturated rings. The highest BCUT2D eigenvalue weighted by Crippen LogP contribution is 2.59. The number of aliphatic hydroxyl groups excluding tert-OH is 1. The van der Waals surface area contributed by atoms with Crippen molar-refractivity contribution in [2.75, 3.05) is 0 Å². The third kappa shape index (κ3) is 1.83. The van der Waals surface area contributed by atoms with E-state index < -0.39 is 0 Å². The highest BCUT2D eigenvalue weighted by atomic mass is 16.3. The van der Waals surface area contributed by atoms with Crippen LogP contribution in [-0.2, 0) is 0 Å². The Morgan fingerprint density at radius 2 is 1.42 bits per heavy atom. The van der Waals surface area contributed by atoms with E-state index in [2.05, 4.69) is 6.92 Å². The summed E-state index contributed by atoms with van der Waals surface area (Å²) in [6, 6.07) is 0. The maximum Gasteiger partial charge on any atom is 0.0602 e. The third-order valence-corrected chi connectivity index (χ3v) is 7.61. The van der Waals surface area contributed by atoms with Crippen molar-refractivity contribution in [3.8, 4) is 0 Å². The first-order valence-corrected chi connectivity index (χ1v) is 8.95. The Morgan fingerprint density at radius 1 is 0.684 bits per heavy atom. The molecule has 108 valence electrons. The predicted molar refractivity (Wildman–Crippen MR) is 77.7 cm³/mol. The lowest BCUT2D eigenvalue weighted by Gasteiger charge is -2.56. The molecule has 1 nitrogen and oxygen atoms in total. The lowest BCUT2D eigenvalue weighted by atomic mass is 9.50. The Kier molecular flexibility index (Phi) is 3.17. The zero-order valence-electron chi connectivity index (χ0n) is 12.4. The lowest BCUT2D eigenvalue weighted by Crippen LogP contribution is -2.54. The standard InChI is InChI=1S/C18H30O/c1-11-13-6-2-3-7-15(13)16-10-9-12-5-4-8-14(12)17(16)18(11)19/h11-19H,2-10H2,1H3/t11-,12?,13?,14?,15?,16?,17?,18+/m1/s1. The van der Waals surface area contributed by atoms with Gasteiger partial charge in [-0.2, -0.15) is 0 Å². The largest absolute Gasteiger partial charge is 0.393 e. The van der Waals surface area contributed by atoms with Crippen LogP contribution in [0.2, 0.25) is 0 Å². The molecule has 1 heteroatoms. The van der Waals surface area contributed by atoms with Crippen molar-refractivity contribution in [1.29, 1.82) is 0 Å². The molecule has 0 radical (unpaired) electrons. The molecule has 0 saturated heterocycles. The van der Waals surface area contributed by atoms with Gasteiger partial charge < -0.3 is 5.11 Å². The summed E-state index contributed by atoms with van der Waals surface area (Å²) >= 11 is 0. The van der Waals surface area contributed by atoms with Gasteiger partial charge in [-0.3, -0.25) is 0 Å². The van der Waals surface area contributed by atoms with Gasteiger partial charge in [0.25, 0.3) is 0 Å². The Hall–Kier alpha value is -0.0400. The van der Waals surface area contributed by atoms with E-state index in [1.165, 1.54) is 57.8 Å². The van der Waals surface area contributed by atoms with Crippen molar-refractivity contribution >= 4 is 0 Å². The molecule has 0 spiro atoms. The van der Waals surface area contributed by atoms with Crippen LogP contribution in [0.5, 0.6) is 0 Å². The van der Waals surface area contributed by atoms with Gasteiger partial charge in [-0.05, 0) is 73.5 Å². The Balaban J connectivity index is 1.65. The van der Waals surface area contributed by atoms with Gasteiger partial charge in [0.2, 0.25) is 0 Å². The molecule has 0 aliphatic heterocycles. The first-order valence-electron chi connectivity index (χ1n) is 8.95. The minimum Gasteiger partial charge on any atom is -0.393 e. The minimum atomic E-state index is 0.0234. The van der Waals surface area contributed by atoms with Crippen molar-refractivity contribution in [3.05, 3.63) is 0 Å². The topological polar surface area (TPSA) is 20.2 Å². The van der Waals surface area contributed by atoms with E-state index in [-0.39, 0.29) is 6.10 Å². The molecule has 0 heterocycles. The fourth-order valence-corrected chi connectivity index (χ4v) is 6.83. The molecule has 0 aromatic carbocycles. The van der Waals surface area contributed by atoms with Crippen LogP contribution < -0.4 is 0 Å². The number of hydrogen-bond acceptors (Lipinski definition) is 1. The lowest BCUT2D eigenvalue weighted by molar-refractivity contribution is -0.131. The van der Waals surface area contributed by atoms with Crippen LogP contribution >= 0.6 is 0 Å². The quantitative estimate of drug-likeness (QED) is 0.692. The first kappa shape index (κ1) is 12.7. The molecule has 8 atom stereocenters. The van der Waals surface area contributed by atoms with Crippen LogP contribution in [0.25, 0.3) is 0 Å². The maximum atomic E-state index is 11.0. The SMILES string of the molecule is C[C@@H]1C2CCCCC2C2CCC3CCCC3C2[C@H]1O. The molecule has 4 rings (SSSR count). The second-order valence-corrected chi connectivity index (χ2v) is 8.14. The summed E-state index contributed by atoms with van der Waals surface area (Å²) in [6.45, 7) is 2.36. The van der Waals surface area contributed by atoms with Crippen LogP contribution in [0.15, 0.2) is 0 Å². The van der Waals surface area contributed by atoms with Crippen LogP contribution in [-0.4, -0.2) is 11.2 Å². The summed E-state index contributed by atoms with van der Waals surface area (Å²) in [5, 5.41) is 11.0. The van der Waals surface area contributed by atoms with Gasteiger partial charge in [-0.1, -0.05) is 32.6 Å². The number of aliphatic hydroxyl groups is 1. The van der Waals surface area contributed by atoms with Crippen LogP contribution in [0.4, 0.5) is 0 Å². The summed E-state index contributed by atoms with van der Waals surface area (Å²) in [7, 11) is 0. The fourth-order valence-electron chi connectivity index (χ4n) is 6.83. The van der Waals surface area contributed by atoms with Crippen molar-refractivity contribution in [2.24, 2.45) is 41.4 Å². The van der Waals surface area contributed by atoms with E-state index in [1.54, 1.807) is 0 Å². The molecule has 4 aliphatic rings. The summed E-state index contributed by atoms with van der Waals surface area (Å²) < 4.78 is 0. The van der Waals surface area contributed by atoms with Gasteiger partial charge in [-0.25, -0.2) is 0 Å². The second kappa shape index (κ2) is 4.76. The van der Waals surface area contributed by atoms with Crippen molar-refractivity contribution in [3.63, 3.8) is 0 Å². The molecule has 0 aromatic rings. The number of fused-ring (bicyclic) bond motifs is 5. The molecule has 6 unspecified atom stereocenters. The Labute approximate surface area is 118 Å². The summed E-state index contributed by atoms with van der Waals surface area (Å²) in [5.41, 5.74) is 0. The van der Waals surface area contributed by atoms with Gasteiger partial charge >= 0.3 is 0 Å². The average Bonchev–Trinajstić information content (AvgIpc) is 2.92. The summed E-state index contributed by atoms with van der Waals surface area (Å²) in [6.07, 6.45) is 13.0. The monoisotopic (exact) mass is 262 g/mol. The van der Waals surface area contributed by atoms with Crippen LogP contribution in [0.3, 0.4) is 0 Å². The molecule has 1 N–H and O–H groups in total. The number of hydrogen-bond donors (Lipinski definition) is 1. The summed E-state index contributed by atoms with van der Waals surface area (Å²) in [4.78, 5) is 0. The smallest absolute Gasteiger partial charge is 0.0602 e. The van der Waals surface area contributed by atoms with Crippen molar-refractivity contribution in [1.82, 2.24) is 0 Å². The van der Waals surface area contributed by atoms with Crippen LogP contribution in [0.1, 0.15) is 64.7 Å². The summed E-state index contributed by atoms with van der Waals surface area (Å²) in [5.74, 6) is 5.82. The van der Waals surface area contributed by atoms with Gasteiger partial charge in [0, 0.05) is 0 Å². The van der Waals surface area contributed by atoms with E-state index >= 15 is 0 Å². The zero-order valence-corrected chi connectivity index (χ0v) is 12.4. The average molecular weight is 262 g/mol. The molecule has 4 aliphatic carbocycles. The third-order valence-electron chi connectivity index (χ3n) is 7.61. The van der Waals surface area contributed by atoms with E-state index in [0.29, 0.717) is 11.8 Å². The highest BCUT2D eigenvalue weighted by Gasteiger charge is 2.54. The minimum absolute atomic E-state index is 0.0234. The Morgan fingerprint density at radius 3 is 2.26 bits per heavy atom. The first-order chi connectivity index (χ1) is 9.27. The predicted octanol–water partition coefficient (Wildman–Crippen LogP) is 4.25. The maximum absolute atomic E-state index is 11.0. The fraction of sp³-hybridized carbons (Fsp3) is 1.00. The van der Waals surface area contributed by atoms with Crippen molar-refractivity contribution < 1.29 is 5.11 Å². The molecule has 19 heavy (non-hydrogen) atoms. The second-order valence-electron chi connectivity index (χ2n) is 8.14. The molecule has 4 saturated carbocycles. The van der Waals surface area contributed by atoms with Gasteiger partial charge in [0.05, 0.1) is 6.10 Å². The Bertz CT molecular complexity index is 339. The van der Waals surface area contributed by atoms with E-state index in [9.17, 15) is 5.11 Å². The van der Waals surface area contributed by atoms with Crippen LogP contribution in [0, 0.1) is 41.4 Å². The molecule has 0 aromatic heterocycles. The zero-order chi connectivity index (χ0) is 13.0. The van der Waals surface area contributed by atoms with E-state index in [1.807, 2.05) is 0 Å². The highest BCUT2D eigenvalue weighted by molar-refractivity contribution is 5.03. The number of rotatable bonds is 0.